The highest BCUT2D eigenvalue weighted by Crippen LogP contribution is 2.31. The molecule has 1 saturated carbocycles. The van der Waals surface area contributed by atoms with Crippen molar-refractivity contribution in [1.29, 1.82) is 0 Å². The van der Waals surface area contributed by atoms with Crippen molar-refractivity contribution < 1.29 is 14.4 Å². The Morgan fingerprint density at radius 3 is 2.33 bits per heavy atom. The third-order valence-corrected chi connectivity index (χ3v) is 4.46. The number of hydrogen-bond donors (Lipinski definition) is 3. The molecule has 130 valence electrons. The van der Waals surface area contributed by atoms with Crippen LogP contribution in [0.25, 0.3) is 0 Å². The fourth-order valence-electron chi connectivity index (χ4n) is 3.06. The zero-order valence-corrected chi connectivity index (χ0v) is 14.4. The highest BCUT2D eigenvalue weighted by molar-refractivity contribution is 6.02. The summed E-state index contributed by atoms with van der Waals surface area (Å²) in [6.07, 6.45) is 2.97. The van der Waals surface area contributed by atoms with Gasteiger partial charge in [-0.1, -0.05) is 31.0 Å². The van der Waals surface area contributed by atoms with Gasteiger partial charge in [-0.05, 0) is 38.3 Å². The van der Waals surface area contributed by atoms with Crippen molar-refractivity contribution in [3.05, 3.63) is 29.8 Å². The predicted molar refractivity (Wildman–Crippen MR) is 92.4 cm³/mol. The molecule has 0 aliphatic heterocycles. The van der Waals surface area contributed by atoms with Gasteiger partial charge in [-0.25, -0.2) is 0 Å². The molecule has 3 N–H and O–H groups in total. The van der Waals surface area contributed by atoms with Gasteiger partial charge in [0.2, 0.25) is 17.7 Å². The summed E-state index contributed by atoms with van der Waals surface area (Å²) in [6, 6.07) is 6.87. The van der Waals surface area contributed by atoms with E-state index in [0.29, 0.717) is 12.8 Å². The molecule has 0 aromatic heterocycles. The summed E-state index contributed by atoms with van der Waals surface area (Å²) in [4.78, 5) is 36.3. The minimum Gasteiger partial charge on any atom is -0.345 e. The smallest absolute Gasteiger partial charge is 0.250 e. The second-order valence-corrected chi connectivity index (χ2v) is 6.47. The molecule has 1 aromatic carbocycles. The van der Waals surface area contributed by atoms with Gasteiger partial charge in [-0.15, -0.1) is 0 Å². The van der Waals surface area contributed by atoms with Crippen molar-refractivity contribution in [3.8, 4) is 0 Å². The number of rotatable bonds is 5. The molecule has 0 spiro atoms. The van der Waals surface area contributed by atoms with E-state index in [1.165, 1.54) is 6.92 Å². The van der Waals surface area contributed by atoms with E-state index < -0.39 is 11.6 Å². The van der Waals surface area contributed by atoms with Crippen molar-refractivity contribution in [2.45, 2.75) is 58.0 Å². The fourth-order valence-corrected chi connectivity index (χ4v) is 3.06. The largest absolute Gasteiger partial charge is 0.345 e. The highest BCUT2D eigenvalue weighted by atomic mass is 16.2. The standard InChI is InChI=1S/C18H25N3O3/c1-12-8-4-5-9-15(12)20-17(24)18(10-6-7-11-18)21-16(23)13(2)19-14(3)22/h4-5,8-9,13H,6-7,10-11H2,1-3H3,(H,19,22)(H,20,24)(H,21,23)/t13-/m1/s1. The first kappa shape index (κ1) is 18.0. The molecule has 0 unspecified atom stereocenters. The van der Waals surface area contributed by atoms with Crippen LogP contribution < -0.4 is 16.0 Å². The van der Waals surface area contributed by atoms with E-state index in [-0.39, 0.29) is 17.7 Å². The second kappa shape index (κ2) is 7.47. The van der Waals surface area contributed by atoms with Gasteiger partial charge in [0.25, 0.3) is 0 Å². The van der Waals surface area contributed by atoms with Gasteiger partial charge >= 0.3 is 0 Å². The predicted octanol–water partition coefficient (Wildman–Crippen LogP) is 1.89. The van der Waals surface area contributed by atoms with Gasteiger partial charge in [0.1, 0.15) is 11.6 Å². The number of benzene rings is 1. The summed E-state index contributed by atoms with van der Waals surface area (Å²) in [5.41, 5.74) is 0.807. The lowest BCUT2D eigenvalue weighted by molar-refractivity contribution is -0.132. The maximum atomic E-state index is 12.9. The summed E-state index contributed by atoms with van der Waals surface area (Å²) in [6.45, 7) is 4.90. The minimum atomic E-state index is -0.911. The second-order valence-electron chi connectivity index (χ2n) is 6.47. The van der Waals surface area contributed by atoms with Gasteiger partial charge in [-0.3, -0.25) is 14.4 Å². The van der Waals surface area contributed by atoms with E-state index in [4.69, 9.17) is 0 Å². The molecule has 3 amide bonds. The van der Waals surface area contributed by atoms with Crippen LogP contribution in [0.2, 0.25) is 0 Å². The summed E-state index contributed by atoms with van der Waals surface area (Å²) in [7, 11) is 0. The lowest BCUT2D eigenvalue weighted by atomic mass is 9.95. The molecule has 24 heavy (non-hydrogen) atoms. The molecule has 1 aromatic rings. The molecule has 2 rings (SSSR count). The summed E-state index contributed by atoms with van der Waals surface area (Å²) >= 11 is 0. The molecule has 1 atom stereocenters. The van der Waals surface area contributed by atoms with Gasteiger partial charge < -0.3 is 16.0 Å². The van der Waals surface area contributed by atoms with E-state index in [2.05, 4.69) is 16.0 Å². The Labute approximate surface area is 142 Å². The number of para-hydroxylation sites is 1. The molecular weight excluding hydrogens is 306 g/mol. The summed E-state index contributed by atoms with van der Waals surface area (Å²) < 4.78 is 0. The average molecular weight is 331 g/mol. The number of nitrogens with one attached hydrogen (secondary N) is 3. The Morgan fingerprint density at radius 2 is 1.75 bits per heavy atom. The molecule has 1 aliphatic carbocycles. The molecular formula is C18H25N3O3. The third-order valence-electron chi connectivity index (χ3n) is 4.46. The van der Waals surface area contributed by atoms with E-state index in [0.717, 1.165) is 24.1 Å². The van der Waals surface area contributed by atoms with E-state index in [1.807, 2.05) is 31.2 Å². The Morgan fingerprint density at radius 1 is 1.12 bits per heavy atom. The van der Waals surface area contributed by atoms with Crippen LogP contribution >= 0.6 is 0 Å². The van der Waals surface area contributed by atoms with E-state index in [9.17, 15) is 14.4 Å². The van der Waals surface area contributed by atoms with Crippen LogP contribution in [0.4, 0.5) is 5.69 Å². The molecule has 0 saturated heterocycles. The van der Waals surface area contributed by atoms with Gasteiger partial charge in [0.15, 0.2) is 0 Å². The first-order valence-electron chi connectivity index (χ1n) is 8.30. The summed E-state index contributed by atoms with van der Waals surface area (Å²) in [5, 5.41) is 8.36. The first-order valence-corrected chi connectivity index (χ1v) is 8.30. The van der Waals surface area contributed by atoms with Gasteiger partial charge in [-0.2, -0.15) is 0 Å². The molecule has 0 radical (unpaired) electrons. The number of hydrogen-bond acceptors (Lipinski definition) is 3. The van der Waals surface area contributed by atoms with Crippen molar-refractivity contribution in [2.75, 3.05) is 5.32 Å². The first-order chi connectivity index (χ1) is 11.3. The minimum absolute atomic E-state index is 0.197. The van der Waals surface area contributed by atoms with E-state index >= 15 is 0 Å². The van der Waals surface area contributed by atoms with Crippen molar-refractivity contribution in [2.24, 2.45) is 0 Å². The van der Waals surface area contributed by atoms with E-state index in [1.54, 1.807) is 6.92 Å². The van der Waals surface area contributed by atoms with Crippen LogP contribution in [0.1, 0.15) is 45.1 Å². The normalized spacial score (nSPS) is 17.0. The number of anilines is 1. The Balaban J connectivity index is 2.12. The zero-order valence-electron chi connectivity index (χ0n) is 14.4. The molecule has 0 heterocycles. The lowest BCUT2D eigenvalue weighted by Crippen LogP contribution is -2.59. The summed E-state index contributed by atoms with van der Waals surface area (Å²) in [5.74, 6) is -0.813. The van der Waals surface area contributed by atoms with Crippen molar-refractivity contribution in [3.63, 3.8) is 0 Å². The van der Waals surface area contributed by atoms with Gasteiger partial charge in [0.05, 0.1) is 0 Å². The topological polar surface area (TPSA) is 87.3 Å². The van der Waals surface area contributed by atoms with Crippen LogP contribution in [0, 0.1) is 6.92 Å². The molecule has 6 nitrogen and oxygen atoms in total. The average Bonchev–Trinajstić information content (AvgIpc) is 2.98. The molecule has 1 fully saturated rings. The molecule has 6 heteroatoms. The third kappa shape index (κ3) is 4.13. The number of aryl methyl sites for hydroxylation is 1. The van der Waals surface area contributed by atoms with Crippen molar-refractivity contribution >= 4 is 23.4 Å². The maximum absolute atomic E-state index is 12.9. The highest BCUT2D eigenvalue weighted by Gasteiger charge is 2.43. The zero-order chi connectivity index (χ0) is 17.7. The van der Waals surface area contributed by atoms with Crippen LogP contribution in [0.3, 0.4) is 0 Å². The lowest BCUT2D eigenvalue weighted by Gasteiger charge is -2.30. The van der Waals surface area contributed by atoms with Crippen LogP contribution in [-0.2, 0) is 14.4 Å². The molecule has 1 aliphatic rings. The fraction of sp³-hybridized carbons (Fsp3) is 0.500. The maximum Gasteiger partial charge on any atom is 0.250 e. The number of carbonyl (C=O) groups is 3. The van der Waals surface area contributed by atoms with Gasteiger partial charge in [0, 0.05) is 12.6 Å². The van der Waals surface area contributed by atoms with Crippen LogP contribution in [0.5, 0.6) is 0 Å². The number of carbonyl (C=O) groups excluding carboxylic acids is 3. The Bertz CT molecular complexity index is 636. The van der Waals surface area contributed by atoms with Crippen LogP contribution in [-0.4, -0.2) is 29.3 Å². The van der Waals surface area contributed by atoms with Crippen LogP contribution in [0.15, 0.2) is 24.3 Å². The number of amides is 3. The Kier molecular flexibility index (Phi) is 5.59. The monoisotopic (exact) mass is 331 g/mol. The van der Waals surface area contributed by atoms with Crippen molar-refractivity contribution in [1.82, 2.24) is 10.6 Å². The molecule has 0 bridgehead atoms. The Hall–Kier alpha value is -2.37. The quantitative estimate of drug-likeness (QED) is 0.770. The SMILES string of the molecule is CC(=O)N[C@H](C)C(=O)NC1(C(=O)Nc2ccccc2C)CCCC1.